The summed E-state index contributed by atoms with van der Waals surface area (Å²) in [6.45, 7) is 2.03. The van der Waals surface area contributed by atoms with E-state index in [0.717, 1.165) is 43.0 Å². The summed E-state index contributed by atoms with van der Waals surface area (Å²) in [5, 5.41) is 12.0. The second kappa shape index (κ2) is 6.39. The summed E-state index contributed by atoms with van der Waals surface area (Å²) in [6.07, 6.45) is 6.17. The fourth-order valence-corrected chi connectivity index (χ4v) is 3.24. The molecule has 1 fully saturated rings. The lowest BCUT2D eigenvalue weighted by molar-refractivity contribution is 0.0688. The maximum Gasteiger partial charge on any atom is 0.356 e. The Morgan fingerprint density at radius 2 is 1.79 bits per heavy atom. The number of carbonyl (C=O) groups is 2. The number of hydrogen-bond donors (Lipinski definition) is 2. The molecule has 0 bridgehead atoms. The van der Waals surface area contributed by atoms with E-state index in [2.05, 4.69) is 21.4 Å². The zero-order chi connectivity index (χ0) is 17.2. The Balaban J connectivity index is 1.85. The third kappa shape index (κ3) is 3.13. The fourth-order valence-electron chi connectivity index (χ4n) is 3.24. The van der Waals surface area contributed by atoms with Gasteiger partial charge in [-0.05, 0) is 25.3 Å². The Hall–Kier alpha value is -2.76. The molecule has 0 spiro atoms. The van der Waals surface area contributed by atoms with Crippen molar-refractivity contribution in [3.05, 3.63) is 59.2 Å². The van der Waals surface area contributed by atoms with Gasteiger partial charge in [0, 0.05) is 0 Å². The van der Waals surface area contributed by atoms with Gasteiger partial charge in [-0.3, -0.25) is 4.79 Å². The molecule has 1 amide bonds. The van der Waals surface area contributed by atoms with E-state index in [9.17, 15) is 9.59 Å². The third-order valence-corrected chi connectivity index (χ3v) is 4.48. The summed E-state index contributed by atoms with van der Waals surface area (Å²) in [4.78, 5) is 31.1. The predicted octanol–water partition coefficient (Wildman–Crippen LogP) is 2.68. The van der Waals surface area contributed by atoms with E-state index < -0.39 is 11.5 Å². The molecule has 3 rings (SSSR count). The number of nitrogens with zero attached hydrogens (tertiary/aromatic N) is 2. The maximum absolute atomic E-state index is 12.6. The largest absolute Gasteiger partial charge is 0.476 e. The summed E-state index contributed by atoms with van der Waals surface area (Å²) in [6, 6.07) is 8.17. The van der Waals surface area contributed by atoms with Crippen molar-refractivity contribution >= 4 is 11.9 Å². The van der Waals surface area contributed by atoms with Crippen molar-refractivity contribution in [3.8, 4) is 0 Å². The van der Waals surface area contributed by atoms with Crippen molar-refractivity contribution in [2.75, 3.05) is 0 Å². The van der Waals surface area contributed by atoms with Crippen LogP contribution in [0.15, 0.2) is 36.7 Å². The minimum atomic E-state index is -1.17. The molecule has 24 heavy (non-hydrogen) atoms. The first-order valence-corrected chi connectivity index (χ1v) is 7.95. The van der Waals surface area contributed by atoms with Gasteiger partial charge < -0.3 is 10.4 Å². The molecule has 0 aliphatic heterocycles. The lowest BCUT2D eigenvalue weighted by atomic mass is 9.87. The first-order chi connectivity index (χ1) is 11.5. The number of aromatic nitrogens is 2. The Labute approximate surface area is 140 Å². The number of carboxylic acids is 1. The van der Waals surface area contributed by atoms with Crippen LogP contribution in [0.5, 0.6) is 0 Å². The van der Waals surface area contributed by atoms with Crippen LogP contribution in [0.3, 0.4) is 0 Å². The summed E-state index contributed by atoms with van der Waals surface area (Å²) >= 11 is 0. The van der Waals surface area contributed by atoms with E-state index in [-0.39, 0.29) is 17.3 Å². The number of rotatable bonds is 4. The summed E-state index contributed by atoms with van der Waals surface area (Å²) in [5.41, 5.74) is 1.80. The lowest BCUT2D eigenvalue weighted by Crippen LogP contribution is -2.44. The van der Waals surface area contributed by atoms with Crippen molar-refractivity contribution in [1.29, 1.82) is 0 Å². The lowest BCUT2D eigenvalue weighted by Gasteiger charge is -2.31. The predicted molar refractivity (Wildman–Crippen MR) is 87.8 cm³/mol. The number of aryl methyl sites for hydroxylation is 1. The quantitative estimate of drug-likeness (QED) is 0.901. The zero-order valence-corrected chi connectivity index (χ0v) is 13.5. The van der Waals surface area contributed by atoms with Crippen LogP contribution in [0, 0.1) is 6.92 Å². The van der Waals surface area contributed by atoms with Crippen LogP contribution >= 0.6 is 0 Å². The molecular formula is C18H19N3O3. The van der Waals surface area contributed by atoms with Gasteiger partial charge in [0.05, 0.1) is 17.9 Å². The smallest absolute Gasteiger partial charge is 0.356 e. The molecule has 1 aliphatic rings. The van der Waals surface area contributed by atoms with Gasteiger partial charge in [0.1, 0.15) is 5.69 Å². The van der Waals surface area contributed by atoms with Crippen molar-refractivity contribution < 1.29 is 14.7 Å². The molecule has 0 atom stereocenters. The van der Waals surface area contributed by atoms with Crippen LogP contribution in [0.2, 0.25) is 0 Å². The second-order valence-corrected chi connectivity index (χ2v) is 6.20. The van der Waals surface area contributed by atoms with Crippen molar-refractivity contribution in [1.82, 2.24) is 15.3 Å². The van der Waals surface area contributed by atoms with Gasteiger partial charge in [-0.25, -0.2) is 14.8 Å². The highest BCUT2D eigenvalue weighted by atomic mass is 16.4. The summed E-state index contributed by atoms with van der Waals surface area (Å²) < 4.78 is 0. The first-order valence-electron chi connectivity index (χ1n) is 7.95. The van der Waals surface area contributed by atoms with Crippen LogP contribution in [0.4, 0.5) is 0 Å². The standard InChI is InChI=1S/C18H19N3O3/c1-12-5-4-6-13(9-12)18(7-2-3-8-18)21-16(22)14-10-20-15(11-19-14)17(23)24/h4-6,9-11H,2-3,7-8H2,1H3,(H,21,22)(H,23,24). The molecule has 1 aromatic heterocycles. The number of amides is 1. The van der Waals surface area contributed by atoms with Gasteiger partial charge >= 0.3 is 5.97 Å². The van der Waals surface area contributed by atoms with Crippen molar-refractivity contribution in [2.45, 2.75) is 38.1 Å². The van der Waals surface area contributed by atoms with Crippen molar-refractivity contribution in [2.24, 2.45) is 0 Å². The third-order valence-electron chi connectivity index (χ3n) is 4.48. The highest BCUT2D eigenvalue weighted by Crippen LogP contribution is 2.39. The zero-order valence-electron chi connectivity index (χ0n) is 13.5. The van der Waals surface area contributed by atoms with E-state index in [0.29, 0.717) is 0 Å². The van der Waals surface area contributed by atoms with Gasteiger partial charge in [0.25, 0.3) is 5.91 Å². The summed E-state index contributed by atoms with van der Waals surface area (Å²) in [5.74, 6) is -1.50. The molecule has 124 valence electrons. The average Bonchev–Trinajstić information content (AvgIpc) is 3.04. The molecule has 6 nitrogen and oxygen atoms in total. The Bertz CT molecular complexity index is 765. The van der Waals surface area contributed by atoms with Crippen LogP contribution in [-0.4, -0.2) is 27.0 Å². The SMILES string of the molecule is Cc1cccc(C2(NC(=O)c3cnc(C(=O)O)cn3)CCCC2)c1. The van der Waals surface area contributed by atoms with Crippen LogP contribution in [0.1, 0.15) is 57.8 Å². The first kappa shape index (κ1) is 16.1. The van der Waals surface area contributed by atoms with Gasteiger partial charge in [-0.1, -0.05) is 42.7 Å². The molecule has 0 saturated heterocycles. The van der Waals surface area contributed by atoms with Gasteiger partial charge in [0.2, 0.25) is 0 Å². The Morgan fingerprint density at radius 3 is 2.38 bits per heavy atom. The van der Waals surface area contributed by atoms with Gasteiger partial charge in [-0.2, -0.15) is 0 Å². The normalized spacial score (nSPS) is 15.9. The van der Waals surface area contributed by atoms with Crippen LogP contribution < -0.4 is 5.32 Å². The van der Waals surface area contributed by atoms with E-state index >= 15 is 0 Å². The second-order valence-electron chi connectivity index (χ2n) is 6.20. The van der Waals surface area contributed by atoms with E-state index in [1.165, 1.54) is 6.20 Å². The van der Waals surface area contributed by atoms with Gasteiger partial charge in [0.15, 0.2) is 5.69 Å². The van der Waals surface area contributed by atoms with E-state index in [1.54, 1.807) is 0 Å². The van der Waals surface area contributed by atoms with E-state index in [4.69, 9.17) is 5.11 Å². The monoisotopic (exact) mass is 325 g/mol. The molecule has 1 aromatic carbocycles. The number of carboxylic acid groups (broad SMARTS) is 1. The highest BCUT2D eigenvalue weighted by Gasteiger charge is 2.37. The minimum Gasteiger partial charge on any atom is -0.476 e. The fraction of sp³-hybridized carbons (Fsp3) is 0.333. The number of hydrogen-bond acceptors (Lipinski definition) is 4. The molecular weight excluding hydrogens is 306 g/mol. The maximum atomic E-state index is 12.6. The Kier molecular flexibility index (Phi) is 4.29. The Morgan fingerprint density at radius 1 is 1.12 bits per heavy atom. The number of carbonyl (C=O) groups excluding carboxylic acids is 1. The highest BCUT2D eigenvalue weighted by molar-refractivity contribution is 5.93. The number of nitrogens with one attached hydrogen (secondary N) is 1. The van der Waals surface area contributed by atoms with Gasteiger partial charge in [-0.15, -0.1) is 0 Å². The molecule has 0 radical (unpaired) electrons. The topological polar surface area (TPSA) is 92.2 Å². The van der Waals surface area contributed by atoms with Crippen LogP contribution in [0.25, 0.3) is 0 Å². The average molecular weight is 325 g/mol. The number of aromatic carboxylic acids is 1. The molecule has 6 heteroatoms. The van der Waals surface area contributed by atoms with E-state index in [1.807, 2.05) is 25.1 Å². The minimum absolute atomic E-state index is 0.124. The molecule has 1 saturated carbocycles. The molecule has 1 heterocycles. The van der Waals surface area contributed by atoms with Crippen LogP contribution in [-0.2, 0) is 5.54 Å². The molecule has 2 N–H and O–H groups in total. The molecule has 0 unspecified atom stereocenters. The number of benzene rings is 1. The molecule has 1 aliphatic carbocycles. The molecule has 2 aromatic rings. The summed E-state index contributed by atoms with van der Waals surface area (Å²) in [7, 11) is 0. The van der Waals surface area contributed by atoms with Crippen molar-refractivity contribution in [3.63, 3.8) is 0 Å².